The highest BCUT2D eigenvalue weighted by Gasteiger charge is 2.21. The summed E-state index contributed by atoms with van der Waals surface area (Å²) in [6.45, 7) is 3.65. The summed E-state index contributed by atoms with van der Waals surface area (Å²) in [6, 6.07) is 18.8. The standard InChI is InChI=1S/C18H22N2OS/c1-2-6-15(7-3-1)14-19-11-12-20-22-18-10-13-21-17-9-5-4-8-16(17)18/h1-9,18-20H,10-14H2. The van der Waals surface area contributed by atoms with Gasteiger partial charge in [0.2, 0.25) is 0 Å². The van der Waals surface area contributed by atoms with Crippen LogP contribution in [0.5, 0.6) is 5.75 Å². The number of benzene rings is 2. The van der Waals surface area contributed by atoms with Gasteiger partial charge in [-0.15, -0.1) is 0 Å². The van der Waals surface area contributed by atoms with Gasteiger partial charge in [0.15, 0.2) is 0 Å². The largest absolute Gasteiger partial charge is 0.493 e. The second-order valence-corrected chi connectivity index (χ2v) is 6.43. The van der Waals surface area contributed by atoms with Gasteiger partial charge in [-0.05, 0) is 18.1 Å². The Bertz CT molecular complexity index is 576. The van der Waals surface area contributed by atoms with Gasteiger partial charge in [-0.2, -0.15) is 0 Å². The number of fused-ring (bicyclic) bond motifs is 1. The van der Waals surface area contributed by atoms with Crippen molar-refractivity contribution in [3.05, 3.63) is 65.7 Å². The second kappa shape index (κ2) is 8.22. The van der Waals surface area contributed by atoms with Gasteiger partial charge in [-0.25, -0.2) is 0 Å². The first-order valence-electron chi connectivity index (χ1n) is 7.78. The molecule has 1 aliphatic rings. The van der Waals surface area contributed by atoms with Gasteiger partial charge in [-0.1, -0.05) is 60.5 Å². The van der Waals surface area contributed by atoms with E-state index >= 15 is 0 Å². The highest BCUT2D eigenvalue weighted by Crippen LogP contribution is 2.39. The number of hydrogen-bond donors (Lipinski definition) is 2. The molecule has 2 aromatic rings. The third-order valence-corrected chi connectivity index (χ3v) is 4.85. The maximum Gasteiger partial charge on any atom is 0.123 e. The van der Waals surface area contributed by atoms with Gasteiger partial charge in [-0.3, -0.25) is 4.72 Å². The Balaban J connectivity index is 1.36. The molecule has 0 spiro atoms. The zero-order valence-electron chi connectivity index (χ0n) is 12.6. The fourth-order valence-corrected chi connectivity index (χ4v) is 3.52. The maximum absolute atomic E-state index is 5.69. The van der Waals surface area contributed by atoms with Crippen LogP contribution in [0.4, 0.5) is 0 Å². The molecule has 0 fully saturated rings. The molecule has 0 amide bonds. The molecule has 22 heavy (non-hydrogen) atoms. The summed E-state index contributed by atoms with van der Waals surface area (Å²) in [6.07, 6.45) is 1.06. The first-order chi connectivity index (χ1) is 10.9. The Hall–Kier alpha value is -1.49. The van der Waals surface area contributed by atoms with Crippen LogP contribution in [0, 0.1) is 0 Å². The molecule has 0 saturated heterocycles. The van der Waals surface area contributed by atoms with Crippen molar-refractivity contribution in [2.45, 2.75) is 18.2 Å². The fourth-order valence-electron chi connectivity index (χ4n) is 2.56. The van der Waals surface area contributed by atoms with E-state index in [0.29, 0.717) is 5.25 Å². The monoisotopic (exact) mass is 314 g/mol. The van der Waals surface area contributed by atoms with E-state index < -0.39 is 0 Å². The summed E-state index contributed by atoms with van der Waals surface area (Å²) in [5.41, 5.74) is 2.64. The lowest BCUT2D eigenvalue weighted by atomic mass is 10.1. The molecular weight excluding hydrogens is 292 g/mol. The summed E-state index contributed by atoms with van der Waals surface area (Å²) >= 11 is 1.82. The Morgan fingerprint density at radius 2 is 1.82 bits per heavy atom. The van der Waals surface area contributed by atoms with Crippen LogP contribution >= 0.6 is 11.9 Å². The Morgan fingerprint density at radius 3 is 2.73 bits per heavy atom. The normalized spacial score (nSPS) is 16.8. The predicted molar refractivity (Wildman–Crippen MR) is 93.0 cm³/mol. The van der Waals surface area contributed by atoms with Gasteiger partial charge >= 0.3 is 0 Å². The molecule has 0 radical (unpaired) electrons. The van der Waals surface area contributed by atoms with Crippen molar-refractivity contribution in [1.82, 2.24) is 10.0 Å². The molecule has 0 bridgehead atoms. The molecule has 4 heteroatoms. The quantitative estimate of drug-likeness (QED) is 0.605. The van der Waals surface area contributed by atoms with E-state index in [2.05, 4.69) is 52.5 Å². The minimum absolute atomic E-state index is 0.485. The summed E-state index contributed by atoms with van der Waals surface area (Å²) in [4.78, 5) is 0. The van der Waals surface area contributed by atoms with Crippen LogP contribution in [0.1, 0.15) is 22.8 Å². The molecule has 0 aromatic heterocycles. The third-order valence-electron chi connectivity index (χ3n) is 3.70. The van der Waals surface area contributed by atoms with Crippen LogP contribution < -0.4 is 14.8 Å². The minimum atomic E-state index is 0.485. The van der Waals surface area contributed by atoms with E-state index in [0.717, 1.165) is 38.4 Å². The molecule has 2 N–H and O–H groups in total. The zero-order chi connectivity index (χ0) is 15.0. The molecule has 0 saturated carbocycles. The fraction of sp³-hybridized carbons (Fsp3) is 0.333. The number of rotatable bonds is 7. The molecular formula is C18H22N2OS. The van der Waals surface area contributed by atoms with Gasteiger partial charge in [0, 0.05) is 25.2 Å². The van der Waals surface area contributed by atoms with Gasteiger partial charge in [0.1, 0.15) is 5.75 Å². The number of hydrogen-bond acceptors (Lipinski definition) is 4. The zero-order valence-corrected chi connectivity index (χ0v) is 13.4. The average molecular weight is 314 g/mol. The van der Waals surface area contributed by atoms with E-state index in [1.165, 1.54) is 11.1 Å². The summed E-state index contributed by atoms with van der Waals surface area (Å²) in [7, 11) is 0. The van der Waals surface area contributed by atoms with Crippen molar-refractivity contribution in [1.29, 1.82) is 0 Å². The average Bonchev–Trinajstić information content (AvgIpc) is 2.59. The van der Waals surface area contributed by atoms with Crippen LogP contribution in [0.15, 0.2) is 54.6 Å². The second-order valence-electron chi connectivity index (χ2n) is 5.34. The predicted octanol–water partition coefficient (Wildman–Crippen LogP) is 3.54. The molecule has 3 rings (SSSR count). The van der Waals surface area contributed by atoms with Crippen LogP contribution in [-0.2, 0) is 6.54 Å². The van der Waals surface area contributed by atoms with E-state index in [-0.39, 0.29) is 0 Å². The highest BCUT2D eigenvalue weighted by molar-refractivity contribution is 7.97. The van der Waals surface area contributed by atoms with Crippen LogP contribution in [0.2, 0.25) is 0 Å². The van der Waals surface area contributed by atoms with Crippen LogP contribution in [0.3, 0.4) is 0 Å². The summed E-state index contributed by atoms with van der Waals surface area (Å²) in [5.74, 6) is 1.04. The summed E-state index contributed by atoms with van der Waals surface area (Å²) in [5, 5.41) is 3.94. The van der Waals surface area contributed by atoms with Gasteiger partial charge < -0.3 is 10.1 Å². The molecule has 116 valence electrons. The molecule has 1 unspecified atom stereocenters. The number of ether oxygens (including phenoxy) is 1. The van der Waals surface area contributed by atoms with Crippen molar-refractivity contribution in [3.63, 3.8) is 0 Å². The minimum Gasteiger partial charge on any atom is -0.493 e. The van der Waals surface area contributed by atoms with Crippen molar-refractivity contribution in [2.75, 3.05) is 19.7 Å². The first-order valence-corrected chi connectivity index (χ1v) is 8.66. The van der Waals surface area contributed by atoms with Crippen LogP contribution in [-0.4, -0.2) is 19.7 Å². The maximum atomic E-state index is 5.69. The van der Waals surface area contributed by atoms with Crippen LogP contribution in [0.25, 0.3) is 0 Å². The topological polar surface area (TPSA) is 33.3 Å². The lowest BCUT2D eigenvalue weighted by Gasteiger charge is -2.25. The van der Waals surface area contributed by atoms with Crippen molar-refractivity contribution < 1.29 is 4.74 Å². The Kier molecular flexibility index (Phi) is 5.76. The van der Waals surface area contributed by atoms with Crippen molar-refractivity contribution in [2.24, 2.45) is 0 Å². The molecule has 3 nitrogen and oxygen atoms in total. The Labute approximate surface area is 136 Å². The van der Waals surface area contributed by atoms with Gasteiger partial charge in [0.25, 0.3) is 0 Å². The van der Waals surface area contributed by atoms with E-state index in [1.807, 2.05) is 24.1 Å². The summed E-state index contributed by atoms with van der Waals surface area (Å²) < 4.78 is 9.17. The van der Waals surface area contributed by atoms with E-state index in [1.54, 1.807) is 0 Å². The van der Waals surface area contributed by atoms with Gasteiger partial charge in [0.05, 0.1) is 11.9 Å². The molecule has 2 aromatic carbocycles. The van der Waals surface area contributed by atoms with Crippen molar-refractivity contribution in [3.8, 4) is 5.75 Å². The molecule has 1 atom stereocenters. The highest BCUT2D eigenvalue weighted by atomic mass is 32.2. The van der Waals surface area contributed by atoms with E-state index in [9.17, 15) is 0 Å². The number of nitrogens with one attached hydrogen (secondary N) is 2. The SMILES string of the molecule is c1ccc(CNCCNSC2CCOc3ccccc32)cc1. The molecule has 1 aliphatic heterocycles. The van der Waals surface area contributed by atoms with Crippen molar-refractivity contribution >= 4 is 11.9 Å². The molecule has 1 heterocycles. The number of para-hydroxylation sites is 1. The van der Waals surface area contributed by atoms with E-state index in [4.69, 9.17) is 4.74 Å². The Morgan fingerprint density at radius 1 is 1.00 bits per heavy atom. The lowest BCUT2D eigenvalue weighted by molar-refractivity contribution is 0.286. The third kappa shape index (κ3) is 4.26. The smallest absolute Gasteiger partial charge is 0.123 e. The molecule has 0 aliphatic carbocycles. The lowest BCUT2D eigenvalue weighted by Crippen LogP contribution is -2.24. The first kappa shape index (κ1) is 15.4.